The Labute approximate surface area is 104 Å². The molecule has 0 aliphatic heterocycles. The molecule has 0 aromatic heterocycles. The predicted molar refractivity (Wildman–Crippen MR) is 69.7 cm³/mol. The van der Waals surface area contributed by atoms with Gasteiger partial charge in [-0.2, -0.15) is 0 Å². The largest absolute Gasteiger partial charge is 0.290 e. The Morgan fingerprint density at radius 2 is 1.35 bits per heavy atom. The van der Waals surface area contributed by atoms with Crippen molar-refractivity contribution < 1.29 is 9.59 Å². The molecule has 2 nitrogen and oxygen atoms in total. The third-order valence-electron chi connectivity index (χ3n) is 3.05. The van der Waals surface area contributed by atoms with Gasteiger partial charge in [-0.15, -0.1) is 0 Å². The van der Waals surface area contributed by atoms with Crippen LogP contribution in [0, 0.1) is 10.8 Å². The Hall–Kier alpha value is -1.18. The summed E-state index contributed by atoms with van der Waals surface area (Å²) >= 11 is 0. The molecule has 1 aliphatic rings. The fraction of sp³-hybridized carbons (Fsp3) is 0.600. The number of allylic oxidation sites excluding steroid dienone is 4. The summed E-state index contributed by atoms with van der Waals surface area (Å²) in [5.41, 5.74) is 1.30. The van der Waals surface area contributed by atoms with Crippen LogP contribution in [0.25, 0.3) is 0 Å². The molecule has 0 amide bonds. The highest BCUT2D eigenvalue weighted by molar-refractivity contribution is 6.23. The monoisotopic (exact) mass is 234 g/mol. The molecule has 1 rings (SSSR count). The molecule has 0 atom stereocenters. The van der Waals surface area contributed by atoms with Crippen molar-refractivity contribution in [2.24, 2.45) is 10.8 Å². The molecule has 0 radical (unpaired) electrons. The van der Waals surface area contributed by atoms with Gasteiger partial charge in [0.05, 0.1) is 0 Å². The molecule has 1 aliphatic carbocycles. The van der Waals surface area contributed by atoms with Crippen LogP contribution in [0.1, 0.15) is 48.5 Å². The molecule has 0 aromatic rings. The number of hydrogen-bond acceptors (Lipinski definition) is 2. The standard InChI is InChI=1S/C15H22O2/c1-9-11(16)8-10(14(2,3)4)13(17)12(9)15(5,6)7/h8H,1-7H3. The van der Waals surface area contributed by atoms with Crippen molar-refractivity contribution in [3.05, 3.63) is 22.8 Å². The zero-order chi connectivity index (χ0) is 13.6. The van der Waals surface area contributed by atoms with Crippen molar-refractivity contribution in [1.29, 1.82) is 0 Å². The molecule has 0 aromatic carbocycles. The van der Waals surface area contributed by atoms with E-state index in [9.17, 15) is 9.59 Å². The Morgan fingerprint density at radius 1 is 0.882 bits per heavy atom. The van der Waals surface area contributed by atoms with E-state index in [0.717, 1.165) is 0 Å². The van der Waals surface area contributed by atoms with Crippen molar-refractivity contribution >= 4 is 11.6 Å². The normalized spacial score (nSPS) is 18.6. The van der Waals surface area contributed by atoms with Gasteiger partial charge in [0.2, 0.25) is 0 Å². The van der Waals surface area contributed by atoms with Gasteiger partial charge in [-0.05, 0) is 23.8 Å². The highest BCUT2D eigenvalue weighted by Gasteiger charge is 2.37. The van der Waals surface area contributed by atoms with Gasteiger partial charge in [-0.25, -0.2) is 0 Å². The molecule has 2 heteroatoms. The second-order valence-corrected chi connectivity index (χ2v) is 6.75. The van der Waals surface area contributed by atoms with Gasteiger partial charge in [-0.1, -0.05) is 41.5 Å². The molecule has 94 valence electrons. The molecule has 0 unspecified atom stereocenters. The van der Waals surface area contributed by atoms with Crippen LogP contribution < -0.4 is 0 Å². The molecule has 0 bridgehead atoms. The van der Waals surface area contributed by atoms with Crippen LogP contribution in [-0.4, -0.2) is 11.6 Å². The summed E-state index contributed by atoms with van der Waals surface area (Å²) in [4.78, 5) is 24.5. The highest BCUT2D eigenvalue weighted by Crippen LogP contribution is 2.39. The molecular weight excluding hydrogens is 212 g/mol. The number of hydrogen-bond donors (Lipinski definition) is 0. The van der Waals surface area contributed by atoms with Crippen LogP contribution in [0.2, 0.25) is 0 Å². The molecular formula is C15H22O2. The third-order valence-corrected chi connectivity index (χ3v) is 3.05. The molecule has 0 saturated heterocycles. The maximum atomic E-state index is 12.5. The van der Waals surface area contributed by atoms with E-state index < -0.39 is 0 Å². The van der Waals surface area contributed by atoms with Gasteiger partial charge < -0.3 is 0 Å². The van der Waals surface area contributed by atoms with Crippen molar-refractivity contribution in [3.8, 4) is 0 Å². The minimum Gasteiger partial charge on any atom is -0.290 e. The van der Waals surface area contributed by atoms with Crippen LogP contribution in [0.5, 0.6) is 0 Å². The lowest BCUT2D eigenvalue weighted by atomic mass is 9.70. The van der Waals surface area contributed by atoms with Gasteiger partial charge >= 0.3 is 0 Å². The minimum atomic E-state index is -0.290. The van der Waals surface area contributed by atoms with Gasteiger partial charge in [0.15, 0.2) is 11.6 Å². The quantitative estimate of drug-likeness (QED) is 0.601. The Kier molecular flexibility index (Phi) is 3.21. The smallest absolute Gasteiger partial charge is 0.186 e. The Bertz CT molecular complexity index is 435. The summed E-state index contributed by atoms with van der Waals surface area (Å²) in [6.07, 6.45) is 1.51. The van der Waals surface area contributed by atoms with Crippen LogP contribution in [0.15, 0.2) is 22.8 Å². The van der Waals surface area contributed by atoms with Gasteiger partial charge in [0.1, 0.15) is 0 Å². The first-order valence-electron chi connectivity index (χ1n) is 5.99. The predicted octanol–water partition coefficient (Wildman–Crippen LogP) is 3.47. The molecule has 0 fully saturated rings. The summed E-state index contributed by atoms with van der Waals surface area (Å²) < 4.78 is 0. The number of rotatable bonds is 0. The molecule has 17 heavy (non-hydrogen) atoms. The van der Waals surface area contributed by atoms with Gasteiger partial charge in [-0.3, -0.25) is 9.59 Å². The Balaban J connectivity index is 3.40. The summed E-state index contributed by atoms with van der Waals surface area (Å²) in [5, 5.41) is 0. The van der Waals surface area contributed by atoms with Crippen molar-refractivity contribution in [2.45, 2.75) is 48.5 Å². The molecule has 0 heterocycles. The zero-order valence-electron chi connectivity index (χ0n) is 11.9. The van der Waals surface area contributed by atoms with E-state index in [0.29, 0.717) is 16.7 Å². The van der Waals surface area contributed by atoms with Crippen molar-refractivity contribution in [1.82, 2.24) is 0 Å². The topological polar surface area (TPSA) is 34.1 Å². The van der Waals surface area contributed by atoms with Gasteiger partial charge in [0.25, 0.3) is 0 Å². The maximum absolute atomic E-state index is 12.5. The SMILES string of the molecule is CC1=C(C(C)(C)C)C(=O)C(C(C)(C)C)=CC1=O. The summed E-state index contributed by atoms with van der Waals surface area (Å²) in [5.74, 6) is 0.00144. The maximum Gasteiger partial charge on any atom is 0.186 e. The van der Waals surface area contributed by atoms with Crippen molar-refractivity contribution in [2.75, 3.05) is 0 Å². The second-order valence-electron chi connectivity index (χ2n) is 6.75. The lowest BCUT2D eigenvalue weighted by Crippen LogP contribution is -2.31. The first kappa shape index (κ1) is 13.9. The van der Waals surface area contributed by atoms with Gasteiger partial charge in [0, 0.05) is 16.7 Å². The average Bonchev–Trinajstić information content (AvgIpc) is 2.07. The fourth-order valence-corrected chi connectivity index (χ4v) is 2.19. The molecule has 0 saturated carbocycles. The minimum absolute atomic E-state index is 0.0283. The summed E-state index contributed by atoms with van der Waals surface area (Å²) in [6, 6.07) is 0. The zero-order valence-corrected chi connectivity index (χ0v) is 11.9. The number of Topliss-reactive ketones (excluding diaryl/α,β-unsaturated/α-hetero) is 1. The third kappa shape index (κ3) is 2.56. The molecule has 0 spiro atoms. The van der Waals surface area contributed by atoms with Crippen LogP contribution in [-0.2, 0) is 9.59 Å². The Morgan fingerprint density at radius 3 is 1.71 bits per heavy atom. The van der Waals surface area contributed by atoms with E-state index in [-0.39, 0.29) is 22.4 Å². The first-order chi connectivity index (χ1) is 7.46. The van der Waals surface area contributed by atoms with Crippen LogP contribution in [0.3, 0.4) is 0 Å². The molecule has 0 N–H and O–H groups in total. The number of carbonyl (C=O) groups is 2. The highest BCUT2D eigenvalue weighted by atomic mass is 16.1. The number of ketones is 2. The van der Waals surface area contributed by atoms with E-state index in [1.165, 1.54) is 6.08 Å². The lowest BCUT2D eigenvalue weighted by Gasteiger charge is -2.32. The number of carbonyl (C=O) groups excluding carboxylic acids is 2. The second kappa shape index (κ2) is 3.94. The average molecular weight is 234 g/mol. The van der Waals surface area contributed by atoms with E-state index in [1.54, 1.807) is 6.92 Å². The van der Waals surface area contributed by atoms with E-state index in [4.69, 9.17) is 0 Å². The summed E-state index contributed by atoms with van der Waals surface area (Å²) in [6.45, 7) is 13.6. The van der Waals surface area contributed by atoms with E-state index in [1.807, 2.05) is 41.5 Å². The summed E-state index contributed by atoms with van der Waals surface area (Å²) in [7, 11) is 0. The lowest BCUT2D eigenvalue weighted by molar-refractivity contribution is -0.117. The van der Waals surface area contributed by atoms with Crippen molar-refractivity contribution in [3.63, 3.8) is 0 Å². The van der Waals surface area contributed by atoms with Crippen LogP contribution >= 0.6 is 0 Å². The van der Waals surface area contributed by atoms with Crippen LogP contribution in [0.4, 0.5) is 0 Å². The fourth-order valence-electron chi connectivity index (χ4n) is 2.19. The first-order valence-corrected chi connectivity index (χ1v) is 5.99. The van der Waals surface area contributed by atoms with E-state index in [2.05, 4.69) is 0 Å². The van der Waals surface area contributed by atoms with E-state index >= 15 is 0 Å².